The molecule has 0 saturated carbocycles. The fraction of sp³-hybridized carbons (Fsp3) is 0.765. The van der Waals surface area contributed by atoms with Gasteiger partial charge in [-0.3, -0.25) is 9.59 Å². The van der Waals surface area contributed by atoms with E-state index in [-0.39, 0.29) is 34.9 Å². The van der Waals surface area contributed by atoms with Crippen LogP contribution >= 0.6 is 11.8 Å². The Morgan fingerprint density at radius 2 is 2.04 bits per heavy atom. The van der Waals surface area contributed by atoms with Gasteiger partial charge in [0.15, 0.2) is 8.32 Å². The molecule has 138 valence electrons. The van der Waals surface area contributed by atoms with E-state index in [4.69, 9.17) is 9.16 Å². The van der Waals surface area contributed by atoms with Gasteiger partial charge >= 0.3 is 5.97 Å². The van der Waals surface area contributed by atoms with Gasteiger partial charge in [-0.05, 0) is 25.1 Å². The van der Waals surface area contributed by atoms with Crippen LogP contribution in [0.4, 0.5) is 0 Å². The van der Waals surface area contributed by atoms with Crippen molar-refractivity contribution in [1.82, 2.24) is 4.90 Å². The summed E-state index contributed by atoms with van der Waals surface area (Å²) in [5.74, 6) is 0.0599. The van der Waals surface area contributed by atoms with E-state index < -0.39 is 14.3 Å². The van der Waals surface area contributed by atoms with Gasteiger partial charge in [0.1, 0.15) is 6.54 Å². The summed E-state index contributed by atoms with van der Waals surface area (Å²) in [6.07, 6.45) is 1.63. The van der Waals surface area contributed by atoms with Crippen LogP contribution in [-0.2, 0) is 18.8 Å². The molecule has 5 nitrogen and oxygen atoms in total. The van der Waals surface area contributed by atoms with Crippen LogP contribution in [0.3, 0.4) is 0 Å². The number of hydrogen-bond acceptors (Lipinski definition) is 5. The average molecular weight is 374 g/mol. The number of carbonyl (C=O) groups excluding carboxylic acids is 2. The molecule has 0 N–H and O–H groups in total. The van der Waals surface area contributed by atoms with E-state index in [9.17, 15) is 9.59 Å². The average Bonchev–Trinajstić information content (AvgIpc) is 2.46. The number of methoxy groups -OCH3 is 1. The van der Waals surface area contributed by atoms with Crippen LogP contribution in [0.5, 0.6) is 0 Å². The first-order chi connectivity index (χ1) is 11.0. The van der Waals surface area contributed by atoms with Crippen molar-refractivity contribution >= 4 is 32.0 Å². The minimum Gasteiger partial charge on any atom is -0.468 e. The molecule has 0 bridgehead atoms. The van der Waals surface area contributed by atoms with Gasteiger partial charge < -0.3 is 14.1 Å². The van der Waals surface area contributed by atoms with Crippen LogP contribution in [0, 0.1) is 5.92 Å². The van der Waals surface area contributed by atoms with Crippen LogP contribution < -0.4 is 0 Å². The fourth-order valence-electron chi connectivity index (χ4n) is 2.43. The highest BCUT2D eigenvalue weighted by molar-refractivity contribution is 8.00. The number of carbonyl (C=O) groups is 2. The number of esters is 1. The molecule has 0 spiro atoms. The summed E-state index contributed by atoms with van der Waals surface area (Å²) in [6.45, 7) is 16.6. The standard InChI is InChI=1S/C17H31NO4SSi/c1-9-10-23-16-14(15(20)18(16)11-13(19)21-6)12(2)22-24(7,8)17(3,4)5/h9,12,14,16H,1,10-11H2,2-8H3/t12-,14+,16+/m1/s1. The van der Waals surface area contributed by atoms with Gasteiger partial charge in [0.05, 0.1) is 24.5 Å². The number of nitrogens with zero attached hydrogens (tertiary/aromatic N) is 1. The molecule has 1 rings (SSSR count). The van der Waals surface area contributed by atoms with Crippen LogP contribution in [0.1, 0.15) is 27.7 Å². The molecule has 0 aliphatic carbocycles. The Kier molecular flexibility index (Phi) is 7.13. The highest BCUT2D eigenvalue weighted by Crippen LogP contribution is 2.42. The Morgan fingerprint density at radius 1 is 1.46 bits per heavy atom. The summed E-state index contributed by atoms with van der Waals surface area (Å²) >= 11 is 1.61. The lowest BCUT2D eigenvalue weighted by molar-refractivity contribution is -0.163. The molecular formula is C17H31NO4SSi. The molecule has 24 heavy (non-hydrogen) atoms. The van der Waals surface area contributed by atoms with Crippen molar-refractivity contribution in [2.45, 2.75) is 57.3 Å². The number of ether oxygens (including phenoxy) is 1. The molecular weight excluding hydrogens is 342 g/mol. The topological polar surface area (TPSA) is 55.8 Å². The van der Waals surface area contributed by atoms with Crippen molar-refractivity contribution < 1.29 is 18.8 Å². The monoisotopic (exact) mass is 373 g/mol. The largest absolute Gasteiger partial charge is 0.468 e. The summed E-state index contributed by atoms with van der Waals surface area (Å²) in [5, 5.41) is 0.0122. The van der Waals surface area contributed by atoms with E-state index in [1.165, 1.54) is 7.11 Å². The molecule has 3 atom stereocenters. The zero-order valence-corrected chi connectivity index (χ0v) is 17.7. The van der Waals surface area contributed by atoms with Gasteiger partial charge in [-0.2, -0.15) is 0 Å². The van der Waals surface area contributed by atoms with E-state index in [0.717, 1.165) is 5.75 Å². The molecule has 1 saturated heterocycles. The summed E-state index contributed by atoms with van der Waals surface area (Å²) in [6, 6.07) is 0. The molecule has 0 aromatic rings. The van der Waals surface area contributed by atoms with Crippen molar-refractivity contribution in [3.8, 4) is 0 Å². The maximum Gasteiger partial charge on any atom is 0.325 e. The summed E-state index contributed by atoms with van der Waals surface area (Å²) < 4.78 is 11.1. The molecule has 0 aromatic carbocycles. The van der Waals surface area contributed by atoms with E-state index in [0.29, 0.717) is 0 Å². The Hall–Kier alpha value is -0.793. The minimum absolute atomic E-state index is 0.00649. The second kappa shape index (κ2) is 8.06. The Labute approximate surface area is 151 Å². The van der Waals surface area contributed by atoms with E-state index in [2.05, 4.69) is 40.4 Å². The number of likely N-dealkylation sites (tertiary alicyclic amines) is 1. The maximum absolute atomic E-state index is 12.6. The molecule has 1 aliphatic rings. The van der Waals surface area contributed by atoms with Crippen LogP contribution in [0.25, 0.3) is 0 Å². The number of hydrogen-bond donors (Lipinski definition) is 0. The highest BCUT2D eigenvalue weighted by Gasteiger charge is 2.53. The van der Waals surface area contributed by atoms with Crippen molar-refractivity contribution in [3.05, 3.63) is 12.7 Å². The first kappa shape index (κ1) is 21.2. The Balaban J connectivity index is 2.86. The third-order valence-electron chi connectivity index (χ3n) is 4.89. The van der Waals surface area contributed by atoms with Gasteiger partial charge in [-0.25, -0.2) is 0 Å². The number of thioether (sulfide) groups is 1. The molecule has 1 amide bonds. The first-order valence-corrected chi connectivity index (χ1v) is 12.2. The SMILES string of the molecule is C=CCS[C@H]1[C@@H]([C@@H](C)O[Si](C)(C)C(C)(C)C)C(=O)N1CC(=O)OC. The lowest BCUT2D eigenvalue weighted by Crippen LogP contribution is -2.65. The zero-order valence-electron chi connectivity index (χ0n) is 15.9. The molecule has 0 aromatic heterocycles. The molecule has 1 fully saturated rings. The summed E-state index contributed by atoms with van der Waals surface area (Å²) in [7, 11) is -0.624. The third-order valence-corrected chi connectivity index (χ3v) is 10.8. The van der Waals surface area contributed by atoms with E-state index in [1.807, 2.05) is 6.92 Å². The minimum atomic E-state index is -1.96. The number of amides is 1. The van der Waals surface area contributed by atoms with Crippen molar-refractivity contribution in [2.24, 2.45) is 5.92 Å². The Morgan fingerprint density at radius 3 is 2.50 bits per heavy atom. The fourth-order valence-corrected chi connectivity index (χ4v) is 5.10. The second-order valence-corrected chi connectivity index (χ2v) is 13.6. The van der Waals surface area contributed by atoms with E-state index in [1.54, 1.807) is 22.7 Å². The quantitative estimate of drug-likeness (QED) is 0.283. The molecule has 1 aliphatic heterocycles. The van der Waals surface area contributed by atoms with Crippen molar-refractivity contribution in [2.75, 3.05) is 19.4 Å². The van der Waals surface area contributed by atoms with Crippen LogP contribution in [-0.4, -0.2) is 56.0 Å². The van der Waals surface area contributed by atoms with Gasteiger partial charge in [0.25, 0.3) is 0 Å². The highest BCUT2D eigenvalue weighted by atomic mass is 32.2. The molecule has 1 heterocycles. The van der Waals surface area contributed by atoms with Gasteiger partial charge in [-0.15, -0.1) is 18.3 Å². The van der Waals surface area contributed by atoms with Crippen LogP contribution in [0.15, 0.2) is 12.7 Å². The van der Waals surface area contributed by atoms with Gasteiger partial charge in [0.2, 0.25) is 5.91 Å². The van der Waals surface area contributed by atoms with E-state index >= 15 is 0 Å². The Bertz CT molecular complexity index is 489. The maximum atomic E-state index is 12.6. The predicted octanol–water partition coefficient (Wildman–Crippen LogP) is 3.27. The third kappa shape index (κ3) is 4.64. The summed E-state index contributed by atoms with van der Waals surface area (Å²) in [5.41, 5.74) is 0. The molecule has 0 unspecified atom stereocenters. The second-order valence-electron chi connectivity index (χ2n) is 7.66. The van der Waals surface area contributed by atoms with Gasteiger partial charge in [0, 0.05) is 5.75 Å². The lowest BCUT2D eigenvalue weighted by atomic mass is 9.93. The number of β-lactam (4-membered cyclic amide) rings is 1. The summed E-state index contributed by atoms with van der Waals surface area (Å²) in [4.78, 5) is 25.7. The smallest absolute Gasteiger partial charge is 0.325 e. The predicted molar refractivity (Wildman–Crippen MR) is 101 cm³/mol. The first-order valence-electron chi connectivity index (χ1n) is 8.24. The zero-order chi connectivity index (χ0) is 18.7. The lowest BCUT2D eigenvalue weighted by Gasteiger charge is -2.50. The van der Waals surface area contributed by atoms with Crippen molar-refractivity contribution in [3.63, 3.8) is 0 Å². The molecule has 0 radical (unpaired) electrons. The molecule has 7 heteroatoms. The van der Waals surface area contributed by atoms with Gasteiger partial charge in [-0.1, -0.05) is 26.8 Å². The number of rotatable bonds is 8. The van der Waals surface area contributed by atoms with Crippen molar-refractivity contribution in [1.29, 1.82) is 0 Å². The normalized spacial score (nSPS) is 22.8. The van der Waals surface area contributed by atoms with Crippen LogP contribution in [0.2, 0.25) is 18.1 Å².